The van der Waals surface area contributed by atoms with Crippen molar-refractivity contribution in [2.45, 2.75) is 54.6 Å². The highest BCUT2D eigenvalue weighted by molar-refractivity contribution is 6.90. The van der Waals surface area contributed by atoms with Crippen LogP contribution < -0.4 is 0 Å². The molecule has 0 bridgehead atoms. The van der Waals surface area contributed by atoms with Crippen LogP contribution in [0.25, 0.3) is 0 Å². The van der Waals surface area contributed by atoms with Crippen molar-refractivity contribution in [1.29, 1.82) is 0 Å². The van der Waals surface area contributed by atoms with Gasteiger partial charge in [-0.2, -0.15) is 0 Å². The van der Waals surface area contributed by atoms with Gasteiger partial charge in [0.25, 0.3) is 0 Å². The Labute approximate surface area is 168 Å². The monoisotopic (exact) mass is 370 g/mol. The number of hydrogen-bond donors (Lipinski definition) is 0. The molecule has 0 aromatic carbocycles. The maximum Gasteiger partial charge on any atom is 0.0642 e. The van der Waals surface area contributed by atoms with Gasteiger partial charge in [0, 0.05) is 23.7 Å². The lowest BCUT2D eigenvalue weighted by Gasteiger charge is -2.45. The van der Waals surface area contributed by atoms with Crippen molar-refractivity contribution in [3.63, 3.8) is 0 Å². The molecule has 0 N–H and O–H groups in total. The summed E-state index contributed by atoms with van der Waals surface area (Å²) in [6.07, 6.45) is 14.0. The molecule has 0 aromatic rings. The molecule has 4 rings (SSSR count). The first kappa shape index (κ1) is 19.5. The van der Waals surface area contributed by atoms with E-state index in [0.29, 0.717) is 0 Å². The van der Waals surface area contributed by atoms with Gasteiger partial charge in [-0.05, 0) is 63.5 Å². The van der Waals surface area contributed by atoms with E-state index in [1.807, 2.05) is 0 Å². The molecule has 4 aliphatic carbocycles. The lowest BCUT2D eigenvalue weighted by molar-refractivity contribution is 1.00. The summed E-state index contributed by atoms with van der Waals surface area (Å²) in [5, 5.41) is 0. The average Bonchev–Trinajstić information content (AvgIpc) is 3.14. The van der Waals surface area contributed by atoms with E-state index in [4.69, 9.17) is 0 Å². The standard InChI is InChI=1S/C26H30Si/c1-15-9-11-17(3)23-21(15)13-19(5)25(23)27(7,8)26-20(6)14-22-16(2)10-12-18(4)24(22)26/h9-14H,1-8H3. The van der Waals surface area contributed by atoms with E-state index in [-0.39, 0.29) is 0 Å². The van der Waals surface area contributed by atoms with Crippen molar-refractivity contribution in [2.24, 2.45) is 0 Å². The van der Waals surface area contributed by atoms with Gasteiger partial charge in [-0.15, -0.1) is 0 Å². The molecule has 27 heavy (non-hydrogen) atoms. The fraction of sp³-hybridized carbons (Fsp3) is 0.308. The number of fused-ring (bicyclic) bond motifs is 2. The van der Waals surface area contributed by atoms with Crippen LogP contribution in [-0.4, -0.2) is 8.07 Å². The van der Waals surface area contributed by atoms with Crippen molar-refractivity contribution >= 4 is 8.07 Å². The minimum absolute atomic E-state index is 1.39. The molecule has 138 valence electrons. The Bertz CT molecular complexity index is 684. The highest BCUT2D eigenvalue weighted by Crippen LogP contribution is 2.64. The second-order valence-electron chi connectivity index (χ2n) is 9.01. The van der Waals surface area contributed by atoms with Gasteiger partial charge in [-0.25, -0.2) is 0 Å². The van der Waals surface area contributed by atoms with Crippen molar-refractivity contribution in [3.8, 4) is 0 Å². The minimum atomic E-state index is -1.88. The fourth-order valence-electron chi connectivity index (χ4n) is 5.41. The summed E-state index contributed by atoms with van der Waals surface area (Å²) in [6, 6.07) is 0. The molecule has 0 atom stereocenters. The third-order valence-corrected chi connectivity index (χ3v) is 10.4. The summed E-state index contributed by atoms with van der Waals surface area (Å²) in [5.41, 5.74) is 8.89. The highest BCUT2D eigenvalue weighted by atomic mass is 28.3. The molecule has 0 nitrogen and oxygen atoms in total. The summed E-state index contributed by atoms with van der Waals surface area (Å²) in [7, 11) is -1.88. The topological polar surface area (TPSA) is 0 Å². The number of allylic oxidation sites excluding steroid dienone is 8. The molecule has 0 aromatic heterocycles. The lowest BCUT2D eigenvalue weighted by atomic mass is 9.80. The fourth-order valence-corrected chi connectivity index (χ4v) is 9.69. The van der Waals surface area contributed by atoms with Crippen molar-refractivity contribution < 1.29 is 0 Å². The van der Waals surface area contributed by atoms with Crippen molar-refractivity contribution in [3.05, 3.63) is 106 Å². The van der Waals surface area contributed by atoms with Crippen LogP contribution >= 0.6 is 0 Å². The zero-order valence-corrected chi connectivity index (χ0v) is 19.0. The van der Waals surface area contributed by atoms with Crippen LogP contribution in [0.2, 0.25) is 13.1 Å². The highest BCUT2D eigenvalue weighted by Gasteiger charge is 2.60. The third-order valence-electron chi connectivity index (χ3n) is 6.60. The third kappa shape index (κ3) is 2.83. The van der Waals surface area contributed by atoms with Gasteiger partial charge < -0.3 is 0 Å². The maximum atomic E-state index is 2.56. The minimum Gasteiger partial charge on any atom is -0.0684 e. The van der Waals surface area contributed by atoms with E-state index in [0.717, 1.165) is 0 Å². The van der Waals surface area contributed by atoms with Gasteiger partial charge >= 0.3 is 0 Å². The molecule has 0 aliphatic heterocycles. The van der Waals surface area contributed by atoms with Crippen LogP contribution in [0.5, 0.6) is 0 Å². The van der Waals surface area contributed by atoms with E-state index in [2.05, 4.69) is 91.8 Å². The summed E-state index contributed by atoms with van der Waals surface area (Å²) in [5.74, 6) is 8.87. The Balaban J connectivity index is 1.73. The van der Waals surface area contributed by atoms with Crippen LogP contribution in [0.1, 0.15) is 41.5 Å². The second kappa shape index (κ2) is 6.61. The molecule has 10 radical (unpaired) electrons. The molecule has 4 aliphatic rings. The Kier molecular flexibility index (Phi) is 4.77. The largest absolute Gasteiger partial charge is 0.0684 e. The Morgan fingerprint density at radius 1 is 0.519 bits per heavy atom. The maximum absolute atomic E-state index is 2.56. The van der Waals surface area contributed by atoms with Crippen LogP contribution in [0.15, 0.2) is 46.6 Å². The van der Waals surface area contributed by atoms with E-state index < -0.39 is 8.07 Å². The van der Waals surface area contributed by atoms with E-state index in [1.165, 1.54) is 57.8 Å². The predicted molar refractivity (Wildman–Crippen MR) is 118 cm³/mol. The first-order valence-electron chi connectivity index (χ1n) is 9.98. The zero-order chi connectivity index (χ0) is 19.7. The van der Waals surface area contributed by atoms with Gasteiger partial charge in [0.1, 0.15) is 0 Å². The summed E-state index contributed by atoms with van der Waals surface area (Å²) in [6.45, 7) is 18.8. The quantitative estimate of drug-likeness (QED) is 0.477. The molecule has 0 amide bonds. The molecule has 2 saturated carbocycles. The number of hydrogen-bond acceptors (Lipinski definition) is 0. The molecule has 0 spiro atoms. The molecular formula is C26H30Si. The van der Waals surface area contributed by atoms with Crippen LogP contribution in [-0.2, 0) is 0 Å². The van der Waals surface area contributed by atoms with Crippen molar-refractivity contribution in [2.75, 3.05) is 0 Å². The Morgan fingerprint density at radius 3 is 1.22 bits per heavy atom. The normalized spacial score (nSPS) is 28.1. The van der Waals surface area contributed by atoms with Crippen LogP contribution in [0, 0.1) is 59.4 Å². The smallest absolute Gasteiger partial charge is 0.0642 e. The molecule has 0 saturated heterocycles. The zero-order valence-electron chi connectivity index (χ0n) is 18.0. The second-order valence-corrected chi connectivity index (χ2v) is 13.3. The lowest BCUT2D eigenvalue weighted by Crippen LogP contribution is -2.49. The summed E-state index contributed by atoms with van der Waals surface area (Å²) >= 11 is 0. The first-order chi connectivity index (χ1) is 12.6. The van der Waals surface area contributed by atoms with Gasteiger partial charge in [-0.3, -0.25) is 0 Å². The van der Waals surface area contributed by atoms with Gasteiger partial charge in [0.2, 0.25) is 0 Å². The predicted octanol–water partition coefficient (Wildman–Crippen LogP) is 6.66. The van der Waals surface area contributed by atoms with Crippen molar-refractivity contribution in [1.82, 2.24) is 0 Å². The Hall–Kier alpha value is -0.823. The SMILES string of the molecule is C[C]1[CH][C]2[C]([C]1[Si](C)(C)[C]1[C](C)[CH][C]3[C]1C(C)=CC=C3C)C(C)=CC=C2C. The summed E-state index contributed by atoms with van der Waals surface area (Å²) in [4.78, 5) is 0. The van der Waals surface area contributed by atoms with Gasteiger partial charge in [0.05, 0.1) is 8.07 Å². The van der Waals surface area contributed by atoms with Gasteiger partial charge in [-0.1, -0.05) is 73.5 Å². The van der Waals surface area contributed by atoms with Gasteiger partial charge in [0.15, 0.2) is 0 Å². The van der Waals surface area contributed by atoms with Crippen LogP contribution in [0.4, 0.5) is 0 Å². The molecular weight excluding hydrogens is 340 g/mol. The average molecular weight is 371 g/mol. The first-order valence-corrected chi connectivity index (χ1v) is 13.0. The van der Waals surface area contributed by atoms with Crippen LogP contribution in [0.3, 0.4) is 0 Å². The Morgan fingerprint density at radius 2 is 0.852 bits per heavy atom. The molecule has 2 fully saturated rings. The van der Waals surface area contributed by atoms with E-state index in [1.54, 1.807) is 11.1 Å². The molecule has 0 unspecified atom stereocenters. The number of rotatable bonds is 2. The van der Waals surface area contributed by atoms with E-state index in [9.17, 15) is 0 Å². The summed E-state index contributed by atoms with van der Waals surface area (Å²) < 4.78 is 0. The van der Waals surface area contributed by atoms with E-state index >= 15 is 0 Å². The molecule has 0 heterocycles. The molecule has 1 heteroatoms.